The Morgan fingerprint density at radius 2 is 1.48 bits per heavy atom. The first-order valence-electron chi connectivity index (χ1n) is 24.5. The third kappa shape index (κ3) is 14.1. The van der Waals surface area contributed by atoms with E-state index in [0.29, 0.717) is 56.4 Å². The number of amides is 4. The summed E-state index contributed by atoms with van der Waals surface area (Å²) in [5, 5.41) is 13.2. The Kier molecular flexibility index (Phi) is 19.3. The first kappa shape index (κ1) is 55.4. The second kappa shape index (κ2) is 26.2. The van der Waals surface area contributed by atoms with Gasteiger partial charge in [0.05, 0.1) is 43.0 Å². The number of para-hydroxylation sites is 1. The zero-order valence-electron chi connectivity index (χ0n) is 42.7. The van der Waals surface area contributed by atoms with Crippen LogP contribution in [-0.2, 0) is 30.4 Å². The number of methoxy groups -OCH3 is 2. The summed E-state index contributed by atoms with van der Waals surface area (Å²) in [6.45, 7) is 9.14. The lowest BCUT2D eigenvalue weighted by Crippen LogP contribution is -2.39. The van der Waals surface area contributed by atoms with Gasteiger partial charge in [-0.15, -0.1) is 0 Å². The predicted octanol–water partition coefficient (Wildman–Crippen LogP) is 8.83. The average Bonchev–Trinajstić information content (AvgIpc) is 3.76. The Morgan fingerprint density at radius 1 is 0.787 bits per heavy atom. The van der Waals surface area contributed by atoms with Gasteiger partial charge in [-0.25, -0.2) is 23.5 Å². The monoisotopic (exact) mass is 1070 g/mol. The first-order valence-corrected chi connectivity index (χ1v) is 25.2. The molecule has 0 bridgehead atoms. The second-order valence-electron chi connectivity index (χ2n) is 17.4. The number of carbonyl (C=O) groups excluding carboxylic acids is 3. The largest absolute Gasteiger partial charge is 0.495 e. The molecule has 0 radical (unpaired) electrons. The van der Waals surface area contributed by atoms with Gasteiger partial charge in [0.25, 0.3) is 11.8 Å². The van der Waals surface area contributed by atoms with Crippen LogP contribution in [0.25, 0.3) is 0 Å². The van der Waals surface area contributed by atoms with Gasteiger partial charge in [0, 0.05) is 78.3 Å². The number of benzene rings is 4. The minimum atomic E-state index is -0.624. The minimum Gasteiger partial charge on any atom is -0.495 e. The van der Waals surface area contributed by atoms with E-state index < -0.39 is 23.4 Å². The maximum absolute atomic E-state index is 14.8. The molecular formula is C53H61Cl2F2N13O5. The average molecular weight is 1070 g/mol. The molecule has 0 unspecified atom stereocenters. The normalized spacial score (nSPS) is 13.1. The van der Waals surface area contributed by atoms with E-state index in [1.54, 1.807) is 58.0 Å². The van der Waals surface area contributed by atoms with E-state index in [4.69, 9.17) is 32.7 Å². The summed E-state index contributed by atoms with van der Waals surface area (Å²) in [6.07, 6.45) is 6.21. The maximum atomic E-state index is 14.8. The smallest absolute Gasteiger partial charge is 0.317 e. The first-order chi connectivity index (χ1) is 36.2. The van der Waals surface area contributed by atoms with Crippen molar-refractivity contribution >= 4 is 81.6 Å². The van der Waals surface area contributed by atoms with E-state index in [2.05, 4.69) is 63.7 Å². The lowest BCUT2D eigenvalue weighted by Gasteiger charge is -2.23. The van der Waals surface area contributed by atoms with Crippen molar-refractivity contribution in [2.75, 3.05) is 102 Å². The Bertz CT molecular complexity index is 2990. The molecule has 4 heterocycles. The summed E-state index contributed by atoms with van der Waals surface area (Å²) < 4.78 is 39.3. The molecule has 4 amide bonds. The molecule has 0 spiro atoms. The van der Waals surface area contributed by atoms with E-state index in [1.165, 1.54) is 64.9 Å². The number of urea groups is 1. The molecular weight excluding hydrogens is 1010 g/mol. The van der Waals surface area contributed by atoms with Gasteiger partial charge in [-0.05, 0) is 116 Å². The Balaban J connectivity index is 0.000000219. The van der Waals surface area contributed by atoms with Gasteiger partial charge < -0.3 is 45.4 Å². The van der Waals surface area contributed by atoms with Gasteiger partial charge in [-0.1, -0.05) is 41.4 Å². The van der Waals surface area contributed by atoms with E-state index in [-0.39, 0.29) is 50.5 Å². The highest BCUT2D eigenvalue weighted by molar-refractivity contribution is 6.33. The summed E-state index contributed by atoms with van der Waals surface area (Å²) in [5.74, 6) is -0.288. The molecule has 0 atom stereocenters. The van der Waals surface area contributed by atoms with Crippen molar-refractivity contribution in [3.8, 4) is 5.75 Å². The minimum absolute atomic E-state index is 0.0408. The van der Waals surface area contributed by atoms with Crippen LogP contribution in [0, 0.1) is 11.6 Å². The van der Waals surface area contributed by atoms with E-state index in [1.807, 2.05) is 18.2 Å². The van der Waals surface area contributed by atoms with Crippen molar-refractivity contribution in [3.63, 3.8) is 0 Å². The summed E-state index contributed by atoms with van der Waals surface area (Å²) in [4.78, 5) is 61.1. The molecule has 2 aliphatic heterocycles. The van der Waals surface area contributed by atoms with Crippen LogP contribution >= 0.6 is 23.2 Å². The Morgan fingerprint density at radius 3 is 2.19 bits per heavy atom. The standard InChI is InChI=1S/C27H31ClFN7O3.C26H30ClFN6O2/c1-5-31-25(37)18-7-6-8-20(29)23(18)33-24-19(28)15-32-26(34-24)35(3)21-13-16-9-11-36(27(38)30-2)12-10-17(16)14-22(21)39-4;1-3-34(25(35)20-5-4-6-21(28)15-20)32-24-23(27)17-29-26(31-24)30-22-8-7-18-9-11-33(13-14-36-2)12-10-19(18)16-22/h6-8,13-15H,5,9-12H2,1-4H3,(H,30,38)(H,31,37)(H,32,33,34);4-8,15-17H,3,9-14H2,1-2H3,(H2,29,30,31,32). The van der Waals surface area contributed by atoms with Crippen molar-refractivity contribution < 1.29 is 32.6 Å². The fourth-order valence-electron chi connectivity index (χ4n) is 8.56. The van der Waals surface area contributed by atoms with Gasteiger partial charge >= 0.3 is 6.03 Å². The molecule has 5 N–H and O–H groups in total. The van der Waals surface area contributed by atoms with Crippen molar-refractivity contribution in [3.05, 3.63) is 140 Å². The van der Waals surface area contributed by atoms with Crippen LogP contribution in [0.5, 0.6) is 5.75 Å². The van der Waals surface area contributed by atoms with Gasteiger partial charge in [0.15, 0.2) is 11.6 Å². The lowest BCUT2D eigenvalue weighted by molar-refractivity contribution is 0.0799. The molecule has 0 fully saturated rings. The molecule has 0 saturated carbocycles. The molecule has 75 heavy (non-hydrogen) atoms. The van der Waals surface area contributed by atoms with Gasteiger partial charge in [-0.3, -0.25) is 20.0 Å². The number of fused-ring (bicyclic) bond motifs is 2. The molecule has 0 saturated heterocycles. The number of hydrogen-bond acceptors (Lipinski definition) is 14. The molecule has 0 aliphatic carbocycles. The zero-order chi connectivity index (χ0) is 53.6. The molecule has 4 aromatic carbocycles. The summed E-state index contributed by atoms with van der Waals surface area (Å²) in [6, 6.07) is 19.9. The molecule has 18 nitrogen and oxygen atoms in total. The summed E-state index contributed by atoms with van der Waals surface area (Å²) in [7, 11) is 6.72. The van der Waals surface area contributed by atoms with Crippen molar-refractivity contribution in [1.82, 2.24) is 45.4 Å². The number of hydrogen-bond donors (Lipinski definition) is 5. The highest BCUT2D eigenvalue weighted by Gasteiger charge is 2.24. The van der Waals surface area contributed by atoms with Gasteiger partial charge in [-0.2, -0.15) is 9.97 Å². The molecule has 2 aromatic heterocycles. The third-order valence-corrected chi connectivity index (χ3v) is 13.2. The van der Waals surface area contributed by atoms with Crippen LogP contribution < -0.4 is 36.3 Å². The number of halogens is 4. The number of nitrogens with zero attached hydrogens (tertiary/aromatic N) is 8. The Hall–Kier alpha value is -7.39. The molecule has 22 heteroatoms. The van der Waals surface area contributed by atoms with Crippen LogP contribution in [0.1, 0.15) is 56.8 Å². The van der Waals surface area contributed by atoms with Crippen molar-refractivity contribution in [1.29, 1.82) is 0 Å². The van der Waals surface area contributed by atoms with E-state index in [0.717, 1.165) is 55.9 Å². The number of carbonyl (C=O) groups is 3. The molecule has 8 rings (SSSR count). The van der Waals surface area contributed by atoms with E-state index >= 15 is 0 Å². The summed E-state index contributed by atoms with van der Waals surface area (Å²) >= 11 is 12.7. The van der Waals surface area contributed by atoms with Crippen molar-refractivity contribution in [2.45, 2.75) is 39.5 Å². The van der Waals surface area contributed by atoms with Crippen molar-refractivity contribution in [2.24, 2.45) is 0 Å². The van der Waals surface area contributed by atoms with Gasteiger partial charge in [0.2, 0.25) is 11.9 Å². The third-order valence-electron chi connectivity index (χ3n) is 12.6. The number of rotatable bonds is 16. The predicted molar refractivity (Wildman–Crippen MR) is 288 cm³/mol. The van der Waals surface area contributed by atoms with Crippen LogP contribution in [0.15, 0.2) is 85.2 Å². The number of ether oxygens (including phenoxy) is 2. The summed E-state index contributed by atoms with van der Waals surface area (Å²) in [5.41, 5.74) is 9.67. The quantitative estimate of drug-likeness (QED) is 0.0577. The van der Waals surface area contributed by atoms with Crippen LogP contribution in [0.3, 0.4) is 0 Å². The van der Waals surface area contributed by atoms with Gasteiger partial charge in [0.1, 0.15) is 27.4 Å². The topological polar surface area (TPSA) is 194 Å². The van der Waals surface area contributed by atoms with Crippen LogP contribution in [0.4, 0.5) is 54.2 Å². The molecule has 2 aliphatic rings. The number of nitrogens with one attached hydrogen (secondary N) is 5. The lowest BCUT2D eigenvalue weighted by atomic mass is 10.0. The highest BCUT2D eigenvalue weighted by Crippen LogP contribution is 2.37. The highest BCUT2D eigenvalue weighted by atomic mass is 35.5. The SMILES string of the molecule is CCN(Nc1nc(Nc2ccc3c(c2)CCN(CCOC)CC3)ncc1Cl)C(=O)c1cccc(F)c1.CCNC(=O)c1cccc(F)c1Nc1nc(N(C)c2cc3c(cc2OC)CCN(C(=O)NC)CC3)ncc1Cl. The fraction of sp³-hybridized carbons (Fsp3) is 0.340. The van der Waals surface area contributed by atoms with Crippen LogP contribution in [-0.4, -0.2) is 133 Å². The molecule has 6 aromatic rings. The van der Waals surface area contributed by atoms with Crippen LogP contribution in [0.2, 0.25) is 10.0 Å². The molecule has 396 valence electrons. The zero-order valence-corrected chi connectivity index (χ0v) is 44.2. The maximum Gasteiger partial charge on any atom is 0.317 e. The number of aromatic nitrogens is 4. The second-order valence-corrected chi connectivity index (χ2v) is 18.2. The number of hydrazine groups is 1. The number of anilines is 7. The fourth-order valence-corrected chi connectivity index (χ4v) is 8.84. The Labute approximate surface area is 445 Å². The van der Waals surface area contributed by atoms with E-state index in [9.17, 15) is 23.2 Å².